The maximum Gasteiger partial charge on any atom is 0.423 e. The fourth-order valence-corrected chi connectivity index (χ4v) is 5.69. The molecule has 0 saturated carbocycles. The largest absolute Gasteiger partial charge is 0.463 e. The molecule has 25 heavy (non-hydrogen) atoms. The quantitative estimate of drug-likeness (QED) is 0.343. The van der Waals surface area contributed by atoms with E-state index >= 15 is 0 Å². The van der Waals surface area contributed by atoms with Crippen molar-refractivity contribution in [3.8, 4) is 0 Å². The van der Waals surface area contributed by atoms with Crippen LogP contribution in [0.4, 0.5) is 13.2 Å². The summed E-state index contributed by atoms with van der Waals surface area (Å²) in [5.41, 5.74) is -1.76. The number of allylic oxidation sites excluding steroid dienone is 3. The van der Waals surface area contributed by atoms with Gasteiger partial charge in [-0.15, -0.1) is 0 Å². The molecular weight excluding hydrogens is 349 g/mol. The highest BCUT2D eigenvalue weighted by molar-refractivity contribution is 6.73. The summed E-state index contributed by atoms with van der Waals surface area (Å²) in [7, 11) is -2.50. The summed E-state index contributed by atoms with van der Waals surface area (Å²) < 4.78 is 52.2. The van der Waals surface area contributed by atoms with Gasteiger partial charge in [0, 0.05) is 5.57 Å². The van der Waals surface area contributed by atoms with Crippen LogP contribution in [0.1, 0.15) is 34.6 Å². The van der Waals surface area contributed by atoms with Gasteiger partial charge in [-0.05, 0) is 49.7 Å². The molecule has 1 aliphatic carbocycles. The fourth-order valence-electron chi connectivity index (χ4n) is 2.79. The van der Waals surface area contributed by atoms with Gasteiger partial charge in [0.15, 0.2) is 13.9 Å². The van der Waals surface area contributed by atoms with Crippen molar-refractivity contribution in [2.75, 3.05) is 6.61 Å². The average Bonchev–Trinajstić information content (AvgIpc) is 2.59. The van der Waals surface area contributed by atoms with E-state index in [1.54, 1.807) is 6.92 Å². The molecule has 0 unspecified atom stereocenters. The first-order chi connectivity index (χ1) is 11.6. The van der Waals surface area contributed by atoms with Gasteiger partial charge in [0.25, 0.3) is 0 Å². The lowest BCUT2D eigenvalue weighted by molar-refractivity contribution is -0.214. The Hall–Kier alpha value is -1.34. The number of hydrogen-bond acceptors (Lipinski definition) is 3. The second-order valence-corrected chi connectivity index (χ2v) is 10.8. The predicted octanol–water partition coefficient (Wildman–Crippen LogP) is 5.31. The topological polar surface area (TPSA) is 35.5 Å². The first kappa shape index (κ1) is 21.7. The Balaban J connectivity index is 3.26. The number of carbonyl (C=O) groups is 1. The molecule has 0 N–H and O–H groups in total. The zero-order valence-electron chi connectivity index (χ0n) is 15.5. The summed E-state index contributed by atoms with van der Waals surface area (Å²) in [6.07, 6.45) is 0.0858. The van der Waals surface area contributed by atoms with Crippen LogP contribution in [0.15, 0.2) is 35.5 Å². The Morgan fingerprint density at radius 2 is 1.56 bits per heavy atom. The van der Waals surface area contributed by atoms with Crippen LogP contribution in [0.2, 0.25) is 18.1 Å². The van der Waals surface area contributed by atoms with Crippen molar-refractivity contribution in [2.45, 2.75) is 64.5 Å². The highest BCUT2D eigenvalue weighted by atomic mass is 28.4. The minimum atomic E-state index is -4.57. The standard InChI is InChI=1S/C18H27F3O3Si/c1-6-23-16(22)14(5)15-10-12-17(13-11-15,18(19,20)21)24-25(7-2,8-3)9-4/h10-13H,6-9H2,1-5H3. The SMILES string of the molecule is CCOC(=O)C(C)=C1C=CC(O[Si](CC)(CC)CC)(C(F)(F)F)C=C1. The Labute approximate surface area is 148 Å². The summed E-state index contributed by atoms with van der Waals surface area (Å²) in [6, 6.07) is 1.85. The van der Waals surface area contributed by atoms with E-state index in [0.29, 0.717) is 23.7 Å². The number of alkyl halides is 3. The van der Waals surface area contributed by atoms with Crippen LogP contribution >= 0.6 is 0 Å². The van der Waals surface area contributed by atoms with E-state index in [2.05, 4.69) is 0 Å². The summed E-state index contributed by atoms with van der Waals surface area (Å²) in [6.45, 7) is 9.08. The van der Waals surface area contributed by atoms with Crippen LogP contribution in [0.3, 0.4) is 0 Å². The van der Waals surface area contributed by atoms with Crippen LogP contribution < -0.4 is 0 Å². The maximum absolute atomic E-state index is 13.8. The number of carbonyl (C=O) groups excluding carboxylic acids is 1. The maximum atomic E-state index is 13.8. The Morgan fingerprint density at radius 3 is 1.92 bits per heavy atom. The molecule has 0 fully saturated rings. The summed E-state index contributed by atoms with van der Waals surface area (Å²) in [5.74, 6) is -0.536. The molecule has 0 radical (unpaired) electrons. The van der Waals surface area contributed by atoms with Gasteiger partial charge in [-0.1, -0.05) is 32.9 Å². The molecule has 0 aromatic carbocycles. The molecule has 0 aromatic heterocycles. The van der Waals surface area contributed by atoms with Gasteiger partial charge in [0.05, 0.1) is 6.61 Å². The third-order valence-corrected chi connectivity index (χ3v) is 9.43. The van der Waals surface area contributed by atoms with Gasteiger partial charge >= 0.3 is 12.1 Å². The third-order valence-electron chi connectivity index (χ3n) is 4.80. The van der Waals surface area contributed by atoms with Gasteiger partial charge < -0.3 is 9.16 Å². The molecular formula is C18H27F3O3Si. The van der Waals surface area contributed by atoms with Crippen LogP contribution in [-0.4, -0.2) is 32.7 Å². The van der Waals surface area contributed by atoms with Crippen LogP contribution in [-0.2, 0) is 14.0 Å². The van der Waals surface area contributed by atoms with Crippen molar-refractivity contribution in [1.29, 1.82) is 0 Å². The van der Waals surface area contributed by atoms with E-state index in [0.717, 1.165) is 12.2 Å². The lowest BCUT2D eigenvalue weighted by Gasteiger charge is -2.41. The van der Waals surface area contributed by atoms with Gasteiger partial charge in [0.1, 0.15) is 0 Å². The molecule has 0 atom stereocenters. The lowest BCUT2D eigenvalue weighted by Crippen LogP contribution is -2.53. The second kappa shape index (κ2) is 8.36. The molecule has 1 aliphatic rings. The number of ether oxygens (including phenoxy) is 1. The van der Waals surface area contributed by atoms with Gasteiger partial charge in [-0.25, -0.2) is 4.79 Å². The highest BCUT2D eigenvalue weighted by Crippen LogP contribution is 2.43. The van der Waals surface area contributed by atoms with Crippen molar-refractivity contribution in [2.24, 2.45) is 0 Å². The zero-order valence-corrected chi connectivity index (χ0v) is 16.5. The van der Waals surface area contributed by atoms with Crippen molar-refractivity contribution in [3.63, 3.8) is 0 Å². The molecule has 0 amide bonds. The number of rotatable bonds is 7. The third kappa shape index (κ3) is 4.64. The highest BCUT2D eigenvalue weighted by Gasteiger charge is 2.56. The molecule has 0 aromatic rings. The van der Waals surface area contributed by atoms with Crippen molar-refractivity contribution in [3.05, 3.63) is 35.5 Å². The van der Waals surface area contributed by atoms with E-state index < -0.39 is 26.1 Å². The Bertz CT molecular complexity index is 548. The Morgan fingerprint density at radius 1 is 1.08 bits per heavy atom. The minimum absolute atomic E-state index is 0.212. The van der Waals surface area contributed by atoms with Crippen LogP contribution in [0.5, 0.6) is 0 Å². The van der Waals surface area contributed by atoms with Crippen molar-refractivity contribution in [1.82, 2.24) is 0 Å². The Kier molecular flexibility index (Phi) is 7.25. The van der Waals surface area contributed by atoms with E-state index in [1.807, 2.05) is 20.8 Å². The van der Waals surface area contributed by atoms with E-state index in [1.165, 1.54) is 19.1 Å². The fraction of sp³-hybridized carbons (Fsp3) is 0.611. The minimum Gasteiger partial charge on any atom is -0.463 e. The molecule has 0 aliphatic heterocycles. The molecule has 142 valence electrons. The monoisotopic (exact) mass is 376 g/mol. The molecule has 3 nitrogen and oxygen atoms in total. The van der Waals surface area contributed by atoms with Crippen molar-refractivity contribution >= 4 is 14.3 Å². The normalized spacial score (nSPS) is 20.7. The molecule has 1 rings (SSSR count). The lowest BCUT2D eigenvalue weighted by atomic mass is 9.93. The van der Waals surface area contributed by atoms with E-state index in [9.17, 15) is 18.0 Å². The number of halogens is 3. The van der Waals surface area contributed by atoms with E-state index in [-0.39, 0.29) is 12.2 Å². The van der Waals surface area contributed by atoms with Crippen molar-refractivity contribution < 1.29 is 27.1 Å². The van der Waals surface area contributed by atoms with Gasteiger partial charge in [-0.2, -0.15) is 13.2 Å². The van der Waals surface area contributed by atoms with Gasteiger partial charge in [-0.3, -0.25) is 0 Å². The zero-order chi connectivity index (χ0) is 19.3. The molecule has 0 heterocycles. The second-order valence-electron chi connectivity index (χ2n) is 6.10. The summed E-state index contributed by atoms with van der Waals surface area (Å²) >= 11 is 0. The summed E-state index contributed by atoms with van der Waals surface area (Å²) in [4.78, 5) is 11.8. The summed E-state index contributed by atoms with van der Waals surface area (Å²) in [5, 5.41) is 0. The van der Waals surface area contributed by atoms with E-state index in [4.69, 9.17) is 9.16 Å². The average molecular weight is 376 g/mol. The van der Waals surface area contributed by atoms with Crippen LogP contribution in [0, 0.1) is 0 Å². The first-order valence-electron chi connectivity index (χ1n) is 8.63. The molecule has 0 bridgehead atoms. The number of hydrogen-bond donors (Lipinski definition) is 0. The van der Waals surface area contributed by atoms with Gasteiger partial charge in [0.2, 0.25) is 0 Å². The predicted molar refractivity (Wildman–Crippen MR) is 94.7 cm³/mol. The molecule has 0 saturated heterocycles. The first-order valence-corrected chi connectivity index (χ1v) is 11.2. The van der Waals surface area contributed by atoms with Crippen LogP contribution in [0.25, 0.3) is 0 Å². The molecule has 7 heteroatoms. The number of esters is 1. The smallest absolute Gasteiger partial charge is 0.423 e. The molecule has 0 spiro atoms.